The molecule has 1 amide bonds. The zero-order valence-electron chi connectivity index (χ0n) is 9.10. The van der Waals surface area contributed by atoms with Crippen LogP contribution in [0.5, 0.6) is 0 Å². The summed E-state index contributed by atoms with van der Waals surface area (Å²) < 4.78 is 4.75. The van der Waals surface area contributed by atoms with Crippen LogP contribution in [-0.4, -0.2) is 33.8 Å². The van der Waals surface area contributed by atoms with Gasteiger partial charge in [0.05, 0.1) is 6.08 Å². The number of hydrogen-bond donors (Lipinski definition) is 3. The van der Waals surface area contributed by atoms with Crippen molar-refractivity contribution in [2.45, 2.75) is 26.4 Å². The van der Waals surface area contributed by atoms with Gasteiger partial charge in [-0.15, -0.1) is 0 Å². The van der Waals surface area contributed by atoms with E-state index in [1.807, 2.05) is 5.32 Å². The van der Waals surface area contributed by atoms with Crippen LogP contribution in [0, 0.1) is 0 Å². The summed E-state index contributed by atoms with van der Waals surface area (Å²) >= 11 is 0. The van der Waals surface area contributed by atoms with Crippen molar-refractivity contribution in [3.63, 3.8) is 0 Å². The number of ether oxygens (including phenoxy) is 1. The van der Waals surface area contributed by atoms with E-state index >= 15 is 0 Å². The van der Waals surface area contributed by atoms with Crippen LogP contribution in [0.4, 0.5) is 4.79 Å². The van der Waals surface area contributed by atoms with Gasteiger partial charge in [0.1, 0.15) is 11.3 Å². The summed E-state index contributed by atoms with van der Waals surface area (Å²) in [7, 11) is 0. The van der Waals surface area contributed by atoms with E-state index in [1.165, 1.54) is 0 Å². The largest absolute Gasteiger partial charge is 0.478 e. The van der Waals surface area contributed by atoms with Crippen molar-refractivity contribution in [2.24, 2.45) is 0 Å². The molecule has 7 heteroatoms. The van der Waals surface area contributed by atoms with Crippen molar-refractivity contribution in [2.75, 3.05) is 0 Å². The molecule has 0 aliphatic carbocycles. The maximum atomic E-state index is 11.1. The van der Waals surface area contributed by atoms with E-state index < -0.39 is 29.3 Å². The Hall–Kier alpha value is -2.05. The normalized spacial score (nSPS) is 11.8. The number of carbonyl (C=O) groups is 3. The van der Waals surface area contributed by atoms with E-state index in [9.17, 15) is 14.4 Å². The molecule has 0 atom stereocenters. The Balaban J connectivity index is 4.61. The molecule has 0 aromatic heterocycles. The van der Waals surface area contributed by atoms with Crippen molar-refractivity contribution in [3.8, 4) is 0 Å². The first-order valence-corrected chi connectivity index (χ1v) is 4.30. The molecule has 0 rings (SSSR count). The molecule has 7 nitrogen and oxygen atoms in total. The highest BCUT2D eigenvalue weighted by atomic mass is 16.6. The lowest BCUT2D eigenvalue weighted by Crippen LogP contribution is -2.34. The molecular weight excluding hydrogens is 218 g/mol. The highest BCUT2D eigenvalue weighted by molar-refractivity contribution is 5.97. The second kappa shape index (κ2) is 5.15. The number of alkyl carbamates (subject to hydrolysis) is 1. The highest BCUT2D eigenvalue weighted by Gasteiger charge is 2.19. The lowest BCUT2D eigenvalue weighted by Gasteiger charge is -2.19. The van der Waals surface area contributed by atoms with Crippen molar-refractivity contribution in [1.82, 2.24) is 5.32 Å². The number of carboxylic acid groups (broad SMARTS) is 2. The molecule has 0 aromatic rings. The van der Waals surface area contributed by atoms with Crippen molar-refractivity contribution >= 4 is 18.0 Å². The minimum Gasteiger partial charge on any atom is -0.478 e. The Labute approximate surface area is 91.7 Å². The lowest BCUT2D eigenvalue weighted by atomic mass is 10.2. The predicted octanol–water partition coefficient (Wildman–Crippen LogP) is 0.564. The first-order chi connectivity index (χ1) is 7.11. The van der Waals surface area contributed by atoms with Gasteiger partial charge in [-0.3, -0.25) is 5.32 Å². The minimum atomic E-state index is -1.56. The molecule has 0 radical (unpaired) electrons. The monoisotopic (exact) mass is 231 g/mol. The molecule has 0 unspecified atom stereocenters. The summed E-state index contributed by atoms with van der Waals surface area (Å²) in [6, 6.07) is 0. The van der Waals surface area contributed by atoms with Gasteiger partial charge >= 0.3 is 18.0 Å². The van der Waals surface area contributed by atoms with Crippen molar-refractivity contribution in [3.05, 3.63) is 11.8 Å². The number of hydrogen-bond acceptors (Lipinski definition) is 4. The van der Waals surface area contributed by atoms with E-state index in [0.717, 1.165) is 0 Å². The summed E-state index contributed by atoms with van der Waals surface area (Å²) in [5.41, 5.74) is -1.56. The molecule has 16 heavy (non-hydrogen) atoms. The summed E-state index contributed by atoms with van der Waals surface area (Å²) in [4.78, 5) is 31.9. The average molecular weight is 231 g/mol. The predicted molar refractivity (Wildman–Crippen MR) is 52.7 cm³/mol. The maximum Gasteiger partial charge on any atom is 0.412 e. The minimum absolute atomic E-state index is 0.367. The van der Waals surface area contributed by atoms with Crippen LogP contribution in [0.2, 0.25) is 0 Å². The third-order valence-corrected chi connectivity index (χ3v) is 1.13. The zero-order chi connectivity index (χ0) is 12.9. The van der Waals surface area contributed by atoms with Gasteiger partial charge in [-0.2, -0.15) is 0 Å². The van der Waals surface area contributed by atoms with Crippen molar-refractivity contribution in [1.29, 1.82) is 0 Å². The number of carbonyl (C=O) groups excluding carboxylic acids is 1. The van der Waals surface area contributed by atoms with Gasteiger partial charge in [0.25, 0.3) is 0 Å². The quantitative estimate of drug-likeness (QED) is 0.612. The Morgan fingerprint density at radius 2 is 1.69 bits per heavy atom. The van der Waals surface area contributed by atoms with Crippen LogP contribution in [0.15, 0.2) is 11.8 Å². The Morgan fingerprint density at radius 1 is 1.19 bits per heavy atom. The van der Waals surface area contributed by atoms with Gasteiger partial charge in [0.15, 0.2) is 0 Å². The van der Waals surface area contributed by atoms with Crippen LogP contribution in [0.3, 0.4) is 0 Å². The maximum absolute atomic E-state index is 11.1. The fourth-order valence-electron chi connectivity index (χ4n) is 0.688. The number of nitrogens with one attached hydrogen (secondary N) is 1. The first kappa shape index (κ1) is 13.9. The molecule has 0 bridgehead atoms. The average Bonchev–Trinajstić information content (AvgIpc) is 1.97. The molecule has 0 spiro atoms. The molecule has 3 N–H and O–H groups in total. The van der Waals surface area contributed by atoms with Crippen LogP contribution >= 0.6 is 0 Å². The topological polar surface area (TPSA) is 113 Å². The van der Waals surface area contributed by atoms with Gasteiger partial charge < -0.3 is 14.9 Å². The summed E-state index contributed by atoms with van der Waals surface area (Å²) in [5.74, 6) is -3.04. The summed E-state index contributed by atoms with van der Waals surface area (Å²) in [5, 5.41) is 18.7. The third-order valence-electron chi connectivity index (χ3n) is 1.13. The number of aliphatic carboxylic acids is 2. The van der Waals surface area contributed by atoms with E-state index in [2.05, 4.69) is 0 Å². The number of amides is 1. The molecule has 0 aliphatic heterocycles. The fraction of sp³-hybridized carbons (Fsp3) is 0.444. The first-order valence-electron chi connectivity index (χ1n) is 4.30. The second-order valence-corrected chi connectivity index (χ2v) is 3.83. The SMILES string of the molecule is CC(C)(C)OC(=O)N/C(=C\C(=O)O)C(=O)O. The van der Waals surface area contributed by atoms with Crippen molar-refractivity contribution < 1.29 is 29.3 Å². The third kappa shape index (κ3) is 6.41. The van der Waals surface area contributed by atoms with E-state index in [1.54, 1.807) is 20.8 Å². The van der Waals surface area contributed by atoms with Gasteiger partial charge in [0, 0.05) is 0 Å². The number of rotatable bonds is 3. The highest BCUT2D eigenvalue weighted by Crippen LogP contribution is 2.07. The van der Waals surface area contributed by atoms with Gasteiger partial charge in [-0.25, -0.2) is 14.4 Å². The number of carboxylic acids is 2. The van der Waals surface area contributed by atoms with Crippen LogP contribution < -0.4 is 5.32 Å². The molecule has 90 valence electrons. The Bertz CT molecular complexity index is 338. The molecule has 0 heterocycles. The van der Waals surface area contributed by atoms with Gasteiger partial charge in [0.2, 0.25) is 0 Å². The van der Waals surface area contributed by atoms with Crippen LogP contribution in [0.1, 0.15) is 20.8 Å². The van der Waals surface area contributed by atoms with E-state index in [4.69, 9.17) is 14.9 Å². The van der Waals surface area contributed by atoms with E-state index in [-0.39, 0.29) is 0 Å². The summed E-state index contributed by atoms with van der Waals surface area (Å²) in [6.45, 7) is 4.77. The Morgan fingerprint density at radius 3 is 2.00 bits per heavy atom. The molecule has 0 aliphatic rings. The molecule has 0 aromatic carbocycles. The molecule has 0 saturated carbocycles. The molecule has 0 fully saturated rings. The van der Waals surface area contributed by atoms with Crippen LogP contribution in [0.25, 0.3) is 0 Å². The summed E-state index contributed by atoms with van der Waals surface area (Å²) in [6.07, 6.45) is -0.658. The Kier molecular flexibility index (Phi) is 4.49. The standard InChI is InChI=1S/C9H13NO6/c1-9(2,3)16-8(15)10-5(7(13)14)4-6(11)12/h4H,1-3H3,(H,10,15)(H,11,12)(H,13,14)/b5-4-. The zero-order valence-corrected chi connectivity index (χ0v) is 9.10. The van der Waals surface area contributed by atoms with Gasteiger partial charge in [-0.05, 0) is 20.8 Å². The molecular formula is C9H13NO6. The van der Waals surface area contributed by atoms with E-state index in [0.29, 0.717) is 6.08 Å². The lowest BCUT2D eigenvalue weighted by molar-refractivity contribution is -0.135. The van der Waals surface area contributed by atoms with Gasteiger partial charge in [-0.1, -0.05) is 0 Å². The van der Waals surface area contributed by atoms with Crippen LogP contribution in [-0.2, 0) is 14.3 Å². The smallest absolute Gasteiger partial charge is 0.412 e. The molecule has 0 saturated heterocycles. The second-order valence-electron chi connectivity index (χ2n) is 3.83. The fourth-order valence-corrected chi connectivity index (χ4v) is 0.688.